The second kappa shape index (κ2) is 3.42. The van der Waals surface area contributed by atoms with Crippen LogP contribution >= 0.6 is 0 Å². The van der Waals surface area contributed by atoms with Gasteiger partial charge in [0.25, 0.3) is 0 Å². The van der Waals surface area contributed by atoms with Crippen LogP contribution in [0.15, 0.2) is 24.3 Å². The van der Waals surface area contributed by atoms with E-state index in [1.165, 1.54) is 5.56 Å². The Morgan fingerprint density at radius 2 is 1.90 bits per heavy atom. The number of benzene rings is 1. The molecule has 0 aromatic heterocycles. The van der Waals surface area contributed by atoms with E-state index in [1.807, 2.05) is 31.3 Å². The molecule has 0 saturated carbocycles. The van der Waals surface area contributed by atoms with Gasteiger partial charge in [-0.15, -0.1) is 0 Å². The van der Waals surface area contributed by atoms with E-state index in [1.54, 1.807) is 0 Å². The number of rotatable bonds is 2. The van der Waals surface area contributed by atoms with E-state index < -0.39 is 0 Å². The van der Waals surface area contributed by atoms with Crippen molar-refractivity contribution in [3.63, 3.8) is 0 Å². The minimum Gasteiger partial charge on any atom is -0.316 e. The van der Waals surface area contributed by atoms with Gasteiger partial charge in [-0.05, 0) is 12.6 Å². The molecule has 0 unspecified atom stereocenters. The molecule has 1 aromatic rings. The lowest BCUT2D eigenvalue weighted by molar-refractivity contribution is 0.818. The highest BCUT2D eigenvalue weighted by atomic mass is 14.8. The predicted octanol–water partition coefficient (Wildman–Crippen LogP) is 0.200. The summed E-state index contributed by atoms with van der Waals surface area (Å²) in [7, 11) is 7.43. The highest BCUT2D eigenvalue weighted by Gasteiger charge is 1.87. The summed E-state index contributed by atoms with van der Waals surface area (Å²) in [6, 6.07) is 7.86. The normalized spacial score (nSPS) is 9.70. The van der Waals surface area contributed by atoms with Crippen LogP contribution in [0.5, 0.6) is 0 Å². The van der Waals surface area contributed by atoms with Crippen LogP contribution in [0, 0.1) is 0 Å². The van der Waals surface area contributed by atoms with Crippen molar-refractivity contribution in [3.8, 4) is 0 Å². The Kier molecular flexibility index (Phi) is 2.52. The lowest BCUT2D eigenvalue weighted by atomic mass is 9.95. The number of hydrogen-bond donors (Lipinski definition) is 1. The molecule has 1 nitrogen and oxygen atoms in total. The van der Waals surface area contributed by atoms with Gasteiger partial charge < -0.3 is 5.32 Å². The van der Waals surface area contributed by atoms with Crippen LogP contribution in [0.3, 0.4) is 0 Å². The van der Waals surface area contributed by atoms with Crippen LogP contribution < -0.4 is 10.8 Å². The first-order chi connectivity index (χ1) is 4.83. The van der Waals surface area contributed by atoms with E-state index in [0.29, 0.717) is 0 Å². The molecule has 0 aliphatic rings. The fraction of sp³-hybridized carbons (Fsp3) is 0.250. The summed E-state index contributed by atoms with van der Waals surface area (Å²) in [5, 5.41) is 3.06. The Balaban J connectivity index is 2.69. The van der Waals surface area contributed by atoms with Gasteiger partial charge >= 0.3 is 0 Å². The van der Waals surface area contributed by atoms with E-state index in [9.17, 15) is 0 Å². The molecule has 0 amide bonds. The fourth-order valence-electron chi connectivity index (χ4n) is 0.840. The molecule has 0 aliphatic carbocycles. The van der Waals surface area contributed by atoms with Crippen molar-refractivity contribution < 1.29 is 0 Å². The Morgan fingerprint density at radius 3 is 2.40 bits per heavy atom. The summed E-state index contributed by atoms with van der Waals surface area (Å²) in [6.45, 7) is 0.903. The average Bonchev–Trinajstić information content (AvgIpc) is 1.95. The van der Waals surface area contributed by atoms with Crippen molar-refractivity contribution in [3.05, 3.63) is 29.8 Å². The van der Waals surface area contributed by atoms with Crippen molar-refractivity contribution in [1.82, 2.24) is 5.32 Å². The van der Waals surface area contributed by atoms with Crippen molar-refractivity contribution in [1.29, 1.82) is 0 Å². The first-order valence-electron chi connectivity index (χ1n) is 3.32. The summed E-state index contributed by atoms with van der Waals surface area (Å²) in [4.78, 5) is 0. The molecule has 50 valence electrons. The van der Waals surface area contributed by atoms with Gasteiger partial charge in [0.05, 0.1) is 0 Å². The summed E-state index contributed by atoms with van der Waals surface area (Å²) in [5.41, 5.74) is 2.08. The van der Waals surface area contributed by atoms with Crippen LogP contribution in [0.25, 0.3) is 0 Å². The second-order valence-corrected chi connectivity index (χ2v) is 2.27. The van der Waals surface area contributed by atoms with Crippen LogP contribution in [0.1, 0.15) is 5.56 Å². The van der Waals surface area contributed by atoms with Crippen molar-refractivity contribution in [2.24, 2.45) is 0 Å². The van der Waals surface area contributed by atoms with Gasteiger partial charge in [-0.3, -0.25) is 0 Å². The largest absolute Gasteiger partial charge is 0.316 e. The Bertz CT molecular complexity index is 193. The first-order valence-corrected chi connectivity index (χ1v) is 3.32. The zero-order chi connectivity index (χ0) is 7.40. The van der Waals surface area contributed by atoms with Crippen LogP contribution in [-0.2, 0) is 6.54 Å². The molecule has 1 rings (SSSR count). The third-order valence-corrected chi connectivity index (χ3v) is 1.36. The molecular formula is C8H10BN. The van der Waals surface area contributed by atoms with Crippen molar-refractivity contribution in [2.75, 3.05) is 7.05 Å². The van der Waals surface area contributed by atoms with Gasteiger partial charge in [0.2, 0.25) is 0 Å². The van der Waals surface area contributed by atoms with Gasteiger partial charge in [-0.1, -0.05) is 29.7 Å². The molecule has 0 saturated heterocycles. The van der Waals surface area contributed by atoms with Crippen molar-refractivity contribution in [2.45, 2.75) is 6.54 Å². The fourth-order valence-corrected chi connectivity index (χ4v) is 0.840. The molecular weight excluding hydrogens is 121 g/mol. The summed E-state index contributed by atoms with van der Waals surface area (Å²) in [5.74, 6) is 0. The summed E-state index contributed by atoms with van der Waals surface area (Å²) < 4.78 is 0. The van der Waals surface area contributed by atoms with E-state index in [0.717, 1.165) is 12.0 Å². The maximum absolute atomic E-state index is 5.50. The van der Waals surface area contributed by atoms with Crippen molar-refractivity contribution >= 4 is 13.3 Å². The highest BCUT2D eigenvalue weighted by Crippen LogP contribution is 1.93. The third kappa shape index (κ3) is 1.88. The molecule has 10 heavy (non-hydrogen) atoms. The Labute approximate surface area is 62.9 Å². The first kappa shape index (κ1) is 7.35. The molecule has 1 aromatic carbocycles. The van der Waals surface area contributed by atoms with Crippen LogP contribution in [0.2, 0.25) is 0 Å². The molecule has 0 fully saturated rings. The minimum absolute atomic E-state index is 0.819. The molecule has 0 atom stereocenters. The maximum Gasteiger partial charge on any atom is 0.113 e. The quantitative estimate of drug-likeness (QED) is 0.565. The topological polar surface area (TPSA) is 12.0 Å². The predicted molar refractivity (Wildman–Crippen MR) is 44.6 cm³/mol. The molecule has 2 radical (unpaired) electrons. The summed E-state index contributed by atoms with van der Waals surface area (Å²) in [6.07, 6.45) is 0. The van der Waals surface area contributed by atoms with Gasteiger partial charge in [0.1, 0.15) is 7.85 Å². The van der Waals surface area contributed by atoms with Gasteiger partial charge in [0, 0.05) is 6.54 Å². The molecule has 1 N–H and O–H groups in total. The maximum atomic E-state index is 5.50. The van der Waals surface area contributed by atoms with Crippen LogP contribution in [0.4, 0.5) is 0 Å². The van der Waals surface area contributed by atoms with E-state index >= 15 is 0 Å². The van der Waals surface area contributed by atoms with E-state index in [-0.39, 0.29) is 0 Å². The zero-order valence-electron chi connectivity index (χ0n) is 6.09. The smallest absolute Gasteiger partial charge is 0.113 e. The molecule has 0 spiro atoms. The van der Waals surface area contributed by atoms with E-state index in [2.05, 4.69) is 5.32 Å². The zero-order valence-corrected chi connectivity index (χ0v) is 6.09. The monoisotopic (exact) mass is 131 g/mol. The standard InChI is InChI=1S/C8H10BN/c1-10-6-7-2-4-8(9)5-3-7/h2-5,10H,6H2,1H3. The van der Waals surface area contributed by atoms with E-state index in [4.69, 9.17) is 7.85 Å². The van der Waals surface area contributed by atoms with Gasteiger partial charge in [-0.25, -0.2) is 0 Å². The number of hydrogen-bond acceptors (Lipinski definition) is 1. The van der Waals surface area contributed by atoms with Gasteiger partial charge in [0.15, 0.2) is 0 Å². The molecule has 0 aliphatic heterocycles. The SMILES string of the molecule is [B]c1ccc(CNC)cc1. The number of nitrogens with one attached hydrogen (secondary N) is 1. The summed E-state index contributed by atoms with van der Waals surface area (Å²) >= 11 is 0. The Morgan fingerprint density at radius 1 is 1.30 bits per heavy atom. The average molecular weight is 131 g/mol. The van der Waals surface area contributed by atoms with Crippen LogP contribution in [-0.4, -0.2) is 14.9 Å². The Hall–Kier alpha value is -0.755. The molecule has 0 bridgehead atoms. The molecule has 0 heterocycles. The second-order valence-electron chi connectivity index (χ2n) is 2.27. The third-order valence-electron chi connectivity index (χ3n) is 1.36. The molecule has 2 heteroatoms. The minimum atomic E-state index is 0.819. The lowest BCUT2D eigenvalue weighted by Gasteiger charge is -1.98. The van der Waals surface area contributed by atoms with Gasteiger partial charge in [-0.2, -0.15) is 0 Å². The lowest BCUT2D eigenvalue weighted by Crippen LogP contribution is -2.07. The highest BCUT2D eigenvalue weighted by molar-refractivity contribution is 6.32.